The highest BCUT2D eigenvalue weighted by atomic mass is 16.8. The van der Waals surface area contributed by atoms with Crippen LogP contribution in [0.4, 0.5) is 0 Å². The van der Waals surface area contributed by atoms with Crippen LogP contribution in [0.15, 0.2) is 60.7 Å². The zero-order valence-corrected chi connectivity index (χ0v) is 16.9. The van der Waals surface area contributed by atoms with E-state index < -0.39 is 30.8 Å². The number of carbonyl (C=O) groups is 1. The van der Waals surface area contributed by atoms with Crippen molar-refractivity contribution in [3.63, 3.8) is 0 Å². The summed E-state index contributed by atoms with van der Waals surface area (Å²) in [4.78, 5) is 12.7. The van der Waals surface area contributed by atoms with Gasteiger partial charge in [0, 0.05) is 18.4 Å². The first kappa shape index (κ1) is 20.5. The lowest BCUT2D eigenvalue weighted by molar-refractivity contribution is -0.341. The lowest BCUT2D eigenvalue weighted by Gasteiger charge is -2.47. The van der Waals surface area contributed by atoms with Crippen molar-refractivity contribution in [1.29, 1.82) is 5.41 Å². The molecule has 0 aliphatic carbocycles. The van der Waals surface area contributed by atoms with Gasteiger partial charge in [0.05, 0.1) is 18.3 Å². The average Bonchev–Trinajstić information content (AvgIpc) is 2.77. The summed E-state index contributed by atoms with van der Waals surface area (Å²) in [6.07, 6.45) is -2.93. The van der Waals surface area contributed by atoms with Gasteiger partial charge in [0.15, 0.2) is 18.3 Å². The Kier molecular flexibility index (Phi) is 6.13. The first-order valence-corrected chi connectivity index (χ1v) is 9.98. The van der Waals surface area contributed by atoms with Gasteiger partial charge in [-0.05, 0) is 12.1 Å². The van der Waals surface area contributed by atoms with E-state index in [1.807, 2.05) is 43.3 Å². The largest absolute Gasteiger partial charge is 0.452 e. The number of hydrogen-bond donors (Lipinski definition) is 1. The standard InChI is InChI=1S/C23H25NO6/c1-14-19-18(13-26-22(30-19)17-11-7-4-8-12-17)28-23(27-15(2)24)20(14)29-21(25)16-9-5-3-6-10-16/h3-12,14,18-20,22-24H,13H2,1-2H3. The second kappa shape index (κ2) is 8.95. The molecule has 2 aromatic carbocycles. The van der Waals surface area contributed by atoms with E-state index in [4.69, 9.17) is 29.1 Å². The fourth-order valence-corrected chi connectivity index (χ4v) is 3.79. The van der Waals surface area contributed by atoms with Gasteiger partial charge in [-0.1, -0.05) is 55.5 Å². The Labute approximate surface area is 175 Å². The summed E-state index contributed by atoms with van der Waals surface area (Å²) in [6, 6.07) is 18.4. The van der Waals surface area contributed by atoms with Crippen molar-refractivity contribution in [3.8, 4) is 0 Å². The molecule has 2 aromatic rings. The Hall–Kier alpha value is -2.74. The normalized spacial score (nSPS) is 30.7. The van der Waals surface area contributed by atoms with Crippen LogP contribution in [0.3, 0.4) is 0 Å². The Morgan fingerprint density at radius 3 is 2.33 bits per heavy atom. The number of esters is 1. The van der Waals surface area contributed by atoms with E-state index in [-0.39, 0.29) is 17.9 Å². The van der Waals surface area contributed by atoms with Gasteiger partial charge in [-0.15, -0.1) is 0 Å². The molecule has 2 heterocycles. The maximum atomic E-state index is 12.7. The molecule has 6 atom stereocenters. The predicted molar refractivity (Wildman–Crippen MR) is 108 cm³/mol. The van der Waals surface area contributed by atoms with Crippen LogP contribution >= 0.6 is 0 Å². The van der Waals surface area contributed by atoms with Gasteiger partial charge in [0.25, 0.3) is 0 Å². The molecule has 158 valence electrons. The zero-order chi connectivity index (χ0) is 21.1. The average molecular weight is 411 g/mol. The molecule has 4 rings (SSSR count). The third-order valence-corrected chi connectivity index (χ3v) is 5.29. The van der Waals surface area contributed by atoms with Crippen molar-refractivity contribution in [3.05, 3.63) is 71.8 Å². The van der Waals surface area contributed by atoms with E-state index in [9.17, 15) is 4.79 Å². The molecule has 2 aliphatic rings. The number of rotatable bonds is 4. The number of ether oxygens (including phenoxy) is 5. The molecule has 30 heavy (non-hydrogen) atoms. The fourth-order valence-electron chi connectivity index (χ4n) is 3.79. The quantitative estimate of drug-likeness (QED) is 0.469. The van der Waals surface area contributed by atoms with E-state index in [2.05, 4.69) is 0 Å². The molecular formula is C23H25NO6. The Bertz CT molecular complexity index is 874. The van der Waals surface area contributed by atoms with Crippen LogP contribution in [0.1, 0.15) is 36.1 Å². The highest BCUT2D eigenvalue weighted by Crippen LogP contribution is 2.38. The van der Waals surface area contributed by atoms with Crippen molar-refractivity contribution in [2.45, 2.75) is 44.7 Å². The van der Waals surface area contributed by atoms with Crippen molar-refractivity contribution < 1.29 is 28.5 Å². The van der Waals surface area contributed by atoms with Gasteiger partial charge >= 0.3 is 5.97 Å². The van der Waals surface area contributed by atoms with Gasteiger partial charge in [0.1, 0.15) is 6.10 Å². The minimum absolute atomic E-state index is 0.0220. The van der Waals surface area contributed by atoms with Crippen molar-refractivity contribution in [2.75, 3.05) is 6.61 Å². The highest BCUT2D eigenvalue weighted by molar-refractivity contribution is 5.89. The summed E-state index contributed by atoms with van der Waals surface area (Å²) in [5, 5.41) is 7.70. The van der Waals surface area contributed by atoms with Crippen LogP contribution in [0.25, 0.3) is 0 Å². The second-order valence-corrected chi connectivity index (χ2v) is 7.49. The zero-order valence-electron chi connectivity index (χ0n) is 16.9. The third-order valence-electron chi connectivity index (χ3n) is 5.29. The van der Waals surface area contributed by atoms with E-state index in [0.29, 0.717) is 12.2 Å². The second-order valence-electron chi connectivity index (χ2n) is 7.49. The molecular weight excluding hydrogens is 386 g/mol. The SMILES string of the molecule is CC(=N)OC1OC2COC(c3ccccc3)OC2C(C)C1OC(=O)c1ccccc1. The first-order chi connectivity index (χ1) is 14.5. The minimum atomic E-state index is -0.910. The predicted octanol–water partition coefficient (Wildman–Crippen LogP) is 3.70. The molecule has 0 bridgehead atoms. The molecule has 1 N–H and O–H groups in total. The summed E-state index contributed by atoms with van der Waals surface area (Å²) >= 11 is 0. The molecule has 6 unspecified atom stereocenters. The summed E-state index contributed by atoms with van der Waals surface area (Å²) in [7, 11) is 0. The van der Waals surface area contributed by atoms with Crippen LogP contribution in [0.5, 0.6) is 0 Å². The summed E-state index contributed by atoms with van der Waals surface area (Å²) in [5.74, 6) is -0.737. The molecule has 2 fully saturated rings. The van der Waals surface area contributed by atoms with E-state index in [1.54, 1.807) is 24.3 Å². The lowest BCUT2D eigenvalue weighted by Crippen LogP contribution is -2.59. The molecule has 0 spiro atoms. The first-order valence-electron chi connectivity index (χ1n) is 9.98. The summed E-state index contributed by atoms with van der Waals surface area (Å²) in [6.45, 7) is 3.76. The Balaban J connectivity index is 1.54. The number of fused-ring (bicyclic) bond motifs is 1. The Morgan fingerprint density at radius 1 is 1.00 bits per heavy atom. The molecule has 0 saturated carbocycles. The maximum absolute atomic E-state index is 12.7. The maximum Gasteiger partial charge on any atom is 0.338 e. The van der Waals surface area contributed by atoms with Gasteiger partial charge in [-0.25, -0.2) is 4.79 Å². The lowest BCUT2D eigenvalue weighted by atomic mass is 9.89. The van der Waals surface area contributed by atoms with E-state index in [1.165, 1.54) is 6.92 Å². The molecule has 0 aromatic heterocycles. The topological polar surface area (TPSA) is 87.1 Å². The number of hydrogen-bond acceptors (Lipinski definition) is 7. The fraction of sp³-hybridized carbons (Fsp3) is 0.391. The van der Waals surface area contributed by atoms with Gasteiger partial charge in [0.2, 0.25) is 6.29 Å². The molecule has 7 heteroatoms. The van der Waals surface area contributed by atoms with Crippen LogP contribution in [-0.2, 0) is 23.7 Å². The van der Waals surface area contributed by atoms with Crippen molar-refractivity contribution in [2.24, 2.45) is 5.92 Å². The van der Waals surface area contributed by atoms with Crippen LogP contribution < -0.4 is 0 Å². The third kappa shape index (κ3) is 4.38. The van der Waals surface area contributed by atoms with Crippen LogP contribution in [0.2, 0.25) is 0 Å². The van der Waals surface area contributed by atoms with Crippen molar-refractivity contribution >= 4 is 11.9 Å². The van der Waals surface area contributed by atoms with Gasteiger partial charge < -0.3 is 23.7 Å². The molecule has 0 amide bonds. The van der Waals surface area contributed by atoms with Crippen LogP contribution in [0, 0.1) is 11.3 Å². The van der Waals surface area contributed by atoms with Gasteiger partial charge in [-0.3, -0.25) is 5.41 Å². The van der Waals surface area contributed by atoms with E-state index >= 15 is 0 Å². The van der Waals surface area contributed by atoms with Crippen molar-refractivity contribution in [1.82, 2.24) is 0 Å². The smallest absolute Gasteiger partial charge is 0.338 e. The van der Waals surface area contributed by atoms with Gasteiger partial charge in [-0.2, -0.15) is 0 Å². The molecule has 7 nitrogen and oxygen atoms in total. The van der Waals surface area contributed by atoms with E-state index in [0.717, 1.165) is 5.56 Å². The number of carbonyl (C=O) groups excluding carboxylic acids is 1. The summed E-state index contributed by atoms with van der Waals surface area (Å²) < 4.78 is 29.4. The molecule has 2 aliphatic heterocycles. The summed E-state index contributed by atoms with van der Waals surface area (Å²) in [5.41, 5.74) is 1.35. The number of nitrogens with one attached hydrogen (secondary N) is 1. The highest BCUT2D eigenvalue weighted by Gasteiger charge is 2.50. The Morgan fingerprint density at radius 2 is 1.67 bits per heavy atom. The minimum Gasteiger partial charge on any atom is -0.452 e. The number of benzene rings is 2. The van der Waals surface area contributed by atoms with Crippen LogP contribution in [-0.4, -0.2) is 43.1 Å². The molecule has 2 saturated heterocycles. The molecule has 0 radical (unpaired) electrons. The monoisotopic (exact) mass is 411 g/mol.